The van der Waals surface area contributed by atoms with Gasteiger partial charge in [0.05, 0.1) is 21.3 Å². The molecule has 1 fully saturated rings. The summed E-state index contributed by atoms with van der Waals surface area (Å²) in [6.07, 6.45) is -10.3. The van der Waals surface area contributed by atoms with Gasteiger partial charge in [0.15, 0.2) is 9.84 Å². The molecule has 2 atom stereocenters. The van der Waals surface area contributed by atoms with Gasteiger partial charge in [-0.3, -0.25) is 5.41 Å². The molecule has 29 heavy (non-hydrogen) atoms. The van der Waals surface area contributed by atoms with Gasteiger partial charge in [-0.2, -0.15) is 26.3 Å². The topological polar surface area (TPSA) is 67.2 Å². The van der Waals surface area contributed by atoms with Crippen LogP contribution in [0.1, 0.15) is 32.3 Å². The molecular weight excluding hydrogens is 424 g/mol. The van der Waals surface area contributed by atoms with E-state index in [1.807, 2.05) is 0 Å². The lowest BCUT2D eigenvalue weighted by atomic mass is 9.92. The zero-order valence-electron chi connectivity index (χ0n) is 15.5. The van der Waals surface area contributed by atoms with Crippen LogP contribution in [0, 0.1) is 5.41 Å². The number of sulfone groups is 1. The van der Waals surface area contributed by atoms with Crippen LogP contribution in [0.5, 0.6) is 0 Å². The Labute approximate surface area is 164 Å². The molecule has 2 unspecified atom stereocenters. The zero-order chi connectivity index (χ0) is 22.3. The number of allylic oxidation sites excluding steroid dienone is 1. The van der Waals surface area contributed by atoms with E-state index >= 15 is 0 Å². The molecule has 1 aliphatic heterocycles. The molecule has 0 saturated carbocycles. The van der Waals surface area contributed by atoms with Crippen LogP contribution in [0.4, 0.5) is 26.3 Å². The molecule has 0 amide bonds. The third-order valence-corrected chi connectivity index (χ3v) is 7.42. The SMILES string of the molecule is C/C(=C\C(=N)C(F)(F)F)C1CC(C)(S(=O)(=O)c2cccc(C(F)(F)F)c2)CCO1. The molecule has 4 nitrogen and oxygen atoms in total. The third kappa shape index (κ3) is 5.00. The molecule has 1 aromatic carbocycles. The van der Waals surface area contributed by atoms with E-state index in [0.29, 0.717) is 12.1 Å². The van der Waals surface area contributed by atoms with Crippen molar-refractivity contribution >= 4 is 15.5 Å². The highest BCUT2D eigenvalue weighted by Crippen LogP contribution is 2.40. The Bertz CT molecular complexity index is 920. The second-order valence-electron chi connectivity index (χ2n) is 7.09. The van der Waals surface area contributed by atoms with Gasteiger partial charge in [0, 0.05) is 6.61 Å². The van der Waals surface area contributed by atoms with Crippen molar-refractivity contribution in [2.75, 3.05) is 6.61 Å². The van der Waals surface area contributed by atoms with E-state index in [1.54, 1.807) is 0 Å². The van der Waals surface area contributed by atoms with E-state index in [0.717, 1.165) is 18.2 Å². The van der Waals surface area contributed by atoms with Crippen LogP contribution in [-0.2, 0) is 20.8 Å². The number of hydrogen-bond acceptors (Lipinski definition) is 4. The second-order valence-corrected chi connectivity index (χ2v) is 9.56. The number of rotatable bonds is 4. The minimum absolute atomic E-state index is 0.0116. The fourth-order valence-corrected chi connectivity index (χ4v) is 4.87. The largest absolute Gasteiger partial charge is 0.432 e. The maximum Gasteiger partial charge on any atom is 0.432 e. The van der Waals surface area contributed by atoms with Gasteiger partial charge in [0.2, 0.25) is 0 Å². The summed E-state index contributed by atoms with van der Waals surface area (Å²) in [7, 11) is -4.25. The average molecular weight is 443 g/mol. The van der Waals surface area contributed by atoms with Crippen molar-refractivity contribution in [3.63, 3.8) is 0 Å². The smallest absolute Gasteiger partial charge is 0.374 e. The summed E-state index contributed by atoms with van der Waals surface area (Å²) < 4.78 is 107. The van der Waals surface area contributed by atoms with Crippen molar-refractivity contribution in [3.8, 4) is 0 Å². The van der Waals surface area contributed by atoms with Crippen LogP contribution < -0.4 is 0 Å². The Hall–Kier alpha value is -1.88. The Morgan fingerprint density at radius 1 is 1.24 bits per heavy atom. The number of hydrogen-bond donors (Lipinski definition) is 1. The zero-order valence-corrected chi connectivity index (χ0v) is 16.3. The van der Waals surface area contributed by atoms with E-state index in [2.05, 4.69) is 0 Å². The summed E-state index contributed by atoms with van der Waals surface area (Å²) in [5.74, 6) is 0. The molecule has 0 radical (unpaired) electrons. The minimum Gasteiger partial charge on any atom is -0.374 e. The molecule has 0 aromatic heterocycles. The van der Waals surface area contributed by atoms with Crippen LogP contribution in [-0.4, -0.2) is 37.8 Å². The summed E-state index contributed by atoms with van der Waals surface area (Å²) >= 11 is 0. The fourth-order valence-electron chi connectivity index (χ4n) is 3.03. The quantitative estimate of drug-likeness (QED) is 0.529. The number of benzene rings is 1. The standard InChI is InChI=1S/C18H19F6NO3S/c1-11(8-15(25)18(22,23)24)14-10-16(2,6-7-28-14)29(26,27)13-5-3-4-12(9-13)17(19,20)21/h3-5,8-9,14,25H,6-7,10H2,1-2H3/b11-8+,25-15?. The first-order valence-corrected chi connectivity index (χ1v) is 9.94. The predicted octanol–water partition coefficient (Wildman–Crippen LogP) is 4.95. The number of ether oxygens (including phenoxy) is 1. The Morgan fingerprint density at radius 3 is 2.41 bits per heavy atom. The van der Waals surface area contributed by atoms with Crippen molar-refractivity contribution < 1.29 is 39.5 Å². The predicted molar refractivity (Wildman–Crippen MR) is 93.5 cm³/mol. The number of halogens is 6. The van der Waals surface area contributed by atoms with Gasteiger partial charge in [-0.05, 0) is 56.5 Å². The van der Waals surface area contributed by atoms with E-state index in [1.165, 1.54) is 13.8 Å². The second kappa shape index (κ2) is 7.75. The van der Waals surface area contributed by atoms with Gasteiger partial charge < -0.3 is 4.74 Å². The van der Waals surface area contributed by atoms with Gasteiger partial charge in [-0.15, -0.1) is 0 Å². The molecule has 1 saturated heterocycles. The van der Waals surface area contributed by atoms with Crippen LogP contribution in [0.3, 0.4) is 0 Å². The minimum atomic E-state index is -4.86. The normalized spacial score (nSPS) is 24.4. The van der Waals surface area contributed by atoms with Crippen molar-refractivity contribution in [3.05, 3.63) is 41.5 Å². The Balaban J connectivity index is 2.36. The maximum absolute atomic E-state index is 13.1. The molecule has 1 aromatic rings. The first-order chi connectivity index (χ1) is 13.1. The lowest BCUT2D eigenvalue weighted by molar-refractivity contribution is -0.137. The molecular formula is C18H19F6NO3S. The molecule has 0 aliphatic carbocycles. The lowest BCUT2D eigenvalue weighted by Gasteiger charge is -2.38. The van der Waals surface area contributed by atoms with E-state index < -0.39 is 49.2 Å². The van der Waals surface area contributed by atoms with Gasteiger partial charge in [0.25, 0.3) is 0 Å². The Kier molecular flexibility index (Phi) is 6.25. The summed E-state index contributed by atoms with van der Waals surface area (Å²) in [5.41, 5.74) is -2.70. The summed E-state index contributed by atoms with van der Waals surface area (Å²) in [5, 5.41) is 7.05. The highest BCUT2D eigenvalue weighted by Gasteiger charge is 2.46. The monoisotopic (exact) mass is 443 g/mol. The molecule has 162 valence electrons. The van der Waals surface area contributed by atoms with Crippen molar-refractivity contribution in [1.82, 2.24) is 0 Å². The number of nitrogens with one attached hydrogen (secondary N) is 1. The van der Waals surface area contributed by atoms with E-state index in [-0.39, 0.29) is 25.0 Å². The van der Waals surface area contributed by atoms with Crippen molar-refractivity contribution in [2.24, 2.45) is 0 Å². The van der Waals surface area contributed by atoms with Crippen LogP contribution in [0.15, 0.2) is 40.8 Å². The number of alkyl halides is 6. The summed E-state index contributed by atoms with van der Waals surface area (Å²) in [6, 6.07) is 3.35. The molecule has 0 bridgehead atoms. The fraction of sp³-hybridized carbons (Fsp3) is 0.500. The molecule has 11 heteroatoms. The van der Waals surface area contributed by atoms with E-state index in [4.69, 9.17) is 10.1 Å². The van der Waals surface area contributed by atoms with Gasteiger partial charge in [-0.25, -0.2) is 8.42 Å². The average Bonchev–Trinajstić information content (AvgIpc) is 2.60. The van der Waals surface area contributed by atoms with Crippen LogP contribution in [0.25, 0.3) is 0 Å². The van der Waals surface area contributed by atoms with Crippen LogP contribution >= 0.6 is 0 Å². The highest BCUT2D eigenvalue weighted by molar-refractivity contribution is 7.92. The summed E-state index contributed by atoms with van der Waals surface area (Å²) in [6.45, 7) is 2.51. The molecule has 1 N–H and O–H groups in total. The Morgan fingerprint density at radius 2 is 1.86 bits per heavy atom. The van der Waals surface area contributed by atoms with Gasteiger partial charge in [-0.1, -0.05) is 6.07 Å². The van der Waals surface area contributed by atoms with E-state index in [9.17, 15) is 34.8 Å². The maximum atomic E-state index is 13.1. The molecule has 0 spiro atoms. The lowest BCUT2D eigenvalue weighted by Crippen LogP contribution is -2.45. The third-order valence-electron chi connectivity index (χ3n) is 4.87. The first kappa shape index (κ1) is 23.4. The summed E-state index contributed by atoms with van der Waals surface area (Å²) in [4.78, 5) is -0.514. The van der Waals surface area contributed by atoms with Crippen molar-refractivity contribution in [1.29, 1.82) is 5.41 Å². The first-order valence-electron chi connectivity index (χ1n) is 8.45. The highest BCUT2D eigenvalue weighted by atomic mass is 32.2. The van der Waals surface area contributed by atoms with Crippen molar-refractivity contribution in [2.45, 2.75) is 54.8 Å². The molecule has 1 aliphatic rings. The van der Waals surface area contributed by atoms with Gasteiger partial charge in [0.1, 0.15) is 5.71 Å². The molecule has 1 heterocycles. The molecule has 2 rings (SSSR count). The van der Waals surface area contributed by atoms with Crippen LogP contribution in [0.2, 0.25) is 0 Å². The van der Waals surface area contributed by atoms with Gasteiger partial charge >= 0.3 is 12.4 Å².